The molecule has 0 atom stereocenters. The zero-order valence-corrected chi connectivity index (χ0v) is 9.00. The summed E-state index contributed by atoms with van der Waals surface area (Å²) in [6.07, 6.45) is 2.41. The van der Waals surface area contributed by atoms with Gasteiger partial charge in [-0.3, -0.25) is 4.98 Å². The van der Waals surface area contributed by atoms with Gasteiger partial charge < -0.3 is 15.6 Å². The van der Waals surface area contributed by atoms with E-state index < -0.39 is 0 Å². The number of imidazole rings is 1. The second-order valence-corrected chi connectivity index (χ2v) is 3.41. The number of aromatic nitrogens is 4. The van der Waals surface area contributed by atoms with Crippen molar-refractivity contribution < 1.29 is 0 Å². The van der Waals surface area contributed by atoms with Crippen LogP contribution >= 0.6 is 0 Å². The minimum atomic E-state index is -0.270. The molecule has 0 aliphatic carbocycles. The van der Waals surface area contributed by atoms with Crippen molar-refractivity contribution in [2.24, 2.45) is 0 Å². The van der Waals surface area contributed by atoms with Crippen molar-refractivity contribution in [2.75, 3.05) is 25.5 Å². The second-order valence-electron chi connectivity index (χ2n) is 3.41. The summed E-state index contributed by atoms with van der Waals surface area (Å²) in [6.45, 7) is 1.73. The lowest BCUT2D eigenvalue weighted by molar-refractivity contribution is 0.747. The van der Waals surface area contributed by atoms with Crippen LogP contribution in [-0.4, -0.2) is 40.1 Å². The molecule has 2 aromatic heterocycles. The molecule has 16 heavy (non-hydrogen) atoms. The van der Waals surface area contributed by atoms with Gasteiger partial charge in [0.15, 0.2) is 11.5 Å². The van der Waals surface area contributed by atoms with Crippen molar-refractivity contribution in [3.63, 3.8) is 0 Å². The minimum absolute atomic E-state index is 0.270. The van der Waals surface area contributed by atoms with Crippen LogP contribution in [0.25, 0.3) is 11.2 Å². The van der Waals surface area contributed by atoms with Gasteiger partial charge in [0.25, 0.3) is 0 Å². The second kappa shape index (κ2) is 4.75. The number of nitrogens with zero attached hydrogens (tertiary/aromatic N) is 2. The monoisotopic (exact) mass is 222 g/mol. The molecule has 7 nitrogen and oxygen atoms in total. The lowest BCUT2D eigenvalue weighted by Gasteiger charge is -2.04. The predicted molar refractivity (Wildman–Crippen MR) is 61.5 cm³/mol. The highest BCUT2D eigenvalue weighted by Crippen LogP contribution is 2.12. The molecule has 0 amide bonds. The molecule has 2 aromatic rings. The summed E-state index contributed by atoms with van der Waals surface area (Å²) in [5, 5.41) is 6.21. The molecule has 0 aliphatic rings. The Morgan fingerprint density at radius 3 is 3.00 bits per heavy atom. The molecule has 0 unspecified atom stereocenters. The van der Waals surface area contributed by atoms with Gasteiger partial charge in [-0.1, -0.05) is 0 Å². The molecule has 0 saturated carbocycles. The topological polar surface area (TPSA) is 98.5 Å². The zero-order chi connectivity index (χ0) is 11.4. The van der Waals surface area contributed by atoms with Gasteiger partial charge in [0.2, 0.25) is 0 Å². The van der Waals surface area contributed by atoms with E-state index in [1.807, 2.05) is 7.05 Å². The summed E-state index contributed by atoms with van der Waals surface area (Å²) >= 11 is 0. The Kier molecular flexibility index (Phi) is 3.16. The largest absolute Gasteiger partial charge is 0.368 e. The van der Waals surface area contributed by atoms with Crippen LogP contribution in [0.5, 0.6) is 0 Å². The third-order valence-electron chi connectivity index (χ3n) is 2.21. The fourth-order valence-electron chi connectivity index (χ4n) is 1.46. The standard InChI is InChI=1S/C9H14N6O/c1-10-3-2-4-11-7-6-8(13-5-12-7)15-9(16)14-6/h5,10H,2-4H2,1H3,(H3,11,12,13,14,15,16). The van der Waals surface area contributed by atoms with Crippen LogP contribution in [-0.2, 0) is 0 Å². The van der Waals surface area contributed by atoms with Crippen LogP contribution in [0.15, 0.2) is 11.1 Å². The first-order valence-electron chi connectivity index (χ1n) is 5.12. The summed E-state index contributed by atoms with van der Waals surface area (Å²) in [5.74, 6) is 0.652. The number of H-pyrrole nitrogens is 2. The molecular formula is C9H14N6O. The van der Waals surface area contributed by atoms with E-state index >= 15 is 0 Å². The normalized spacial score (nSPS) is 10.8. The molecule has 86 valence electrons. The molecule has 2 heterocycles. The van der Waals surface area contributed by atoms with Crippen molar-refractivity contribution in [2.45, 2.75) is 6.42 Å². The lowest BCUT2D eigenvalue weighted by Crippen LogP contribution is -2.13. The van der Waals surface area contributed by atoms with Crippen molar-refractivity contribution >= 4 is 17.0 Å². The van der Waals surface area contributed by atoms with E-state index in [-0.39, 0.29) is 5.69 Å². The quantitative estimate of drug-likeness (QED) is 0.519. The maximum absolute atomic E-state index is 11.1. The van der Waals surface area contributed by atoms with E-state index in [1.54, 1.807) is 0 Å². The van der Waals surface area contributed by atoms with Crippen LogP contribution in [0.4, 0.5) is 5.82 Å². The fourth-order valence-corrected chi connectivity index (χ4v) is 1.46. The predicted octanol–water partition coefficient (Wildman–Crippen LogP) is -0.332. The van der Waals surface area contributed by atoms with E-state index in [9.17, 15) is 4.79 Å². The average molecular weight is 222 g/mol. The van der Waals surface area contributed by atoms with Crippen LogP contribution in [0.3, 0.4) is 0 Å². The SMILES string of the molecule is CNCCCNc1ncnc2[nH]c(=O)[nH]c12. The first-order chi connectivity index (χ1) is 7.81. The zero-order valence-electron chi connectivity index (χ0n) is 9.00. The number of hydrogen-bond donors (Lipinski definition) is 4. The highest BCUT2D eigenvalue weighted by Gasteiger charge is 2.05. The molecule has 0 spiro atoms. The van der Waals surface area contributed by atoms with Crippen molar-refractivity contribution in [3.05, 3.63) is 16.8 Å². The molecule has 4 N–H and O–H groups in total. The first-order valence-corrected chi connectivity index (χ1v) is 5.12. The van der Waals surface area contributed by atoms with Crippen LogP contribution < -0.4 is 16.3 Å². The Labute approximate surface area is 91.7 Å². The number of nitrogens with one attached hydrogen (secondary N) is 4. The maximum atomic E-state index is 11.1. The van der Waals surface area contributed by atoms with Crippen molar-refractivity contribution in [1.82, 2.24) is 25.3 Å². The van der Waals surface area contributed by atoms with Gasteiger partial charge in [0, 0.05) is 6.54 Å². The van der Waals surface area contributed by atoms with E-state index in [1.165, 1.54) is 6.33 Å². The minimum Gasteiger partial charge on any atom is -0.368 e. The van der Waals surface area contributed by atoms with Gasteiger partial charge in [0.1, 0.15) is 11.8 Å². The lowest BCUT2D eigenvalue weighted by atomic mass is 10.4. The molecular weight excluding hydrogens is 208 g/mol. The van der Waals surface area contributed by atoms with Gasteiger partial charge in [-0.05, 0) is 20.0 Å². The molecule has 0 saturated heterocycles. The smallest absolute Gasteiger partial charge is 0.325 e. The highest BCUT2D eigenvalue weighted by atomic mass is 16.1. The van der Waals surface area contributed by atoms with Crippen molar-refractivity contribution in [1.29, 1.82) is 0 Å². The maximum Gasteiger partial charge on any atom is 0.325 e. The Morgan fingerprint density at radius 2 is 2.19 bits per heavy atom. The van der Waals surface area contributed by atoms with E-state index in [2.05, 4.69) is 30.6 Å². The summed E-state index contributed by atoms with van der Waals surface area (Å²) < 4.78 is 0. The van der Waals surface area contributed by atoms with Crippen LogP contribution in [0.1, 0.15) is 6.42 Å². The highest BCUT2D eigenvalue weighted by molar-refractivity contribution is 5.81. The van der Waals surface area contributed by atoms with Gasteiger partial charge in [-0.25, -0.2) is 14.8 Å². The Balaban J connectivity index is 2.14. The van der Waals surface area contributed by atoms with Gasteiger partial charge in [0.05, 0.1) is 0 Å². The van der Waals surface area contributed by atoms with Gasteiger partial charge in [-0.2, -0.15) is 0 Å². The number of hydrogen-bond acceptors (Lipinski definition) is 5. The summed E-state index contributed by atoms with van der Waals surface area (Å²) in [5.41, 5.74) is 0.877. The van der Waals surface area contributed by atoms with E-state index in [0.717, 1.165) is 19.5 Å². The number of fused-ring (bicyclic) bond motifs is 1. The first kappa shape index (κ1) is 10.6. The molecule has 0 aromatic carbocycles. The van der Waals surface area contributed by atoms with Gasteiger partial charge in [-0.15, -0.1) is 0 Å². The van der Waals surface area contributed by atoms with E-state index in [4.69, 9.17) is 0 Å². The average Bonchev–Trinajstić information content (AvgIpc) is 2.65. The number of rotatable bonds is 5. The third kappa shape index (κ3) is 2.19. The summed E-state index contributed by atoms with van der Waals surface area (Å²) in [7, 11) is 1.91. The number of aromatic amines is 2. The number of anilines is 1. The summed E-state index contributed by atoms with van der Waals surface area (Å²) in [4.78, 5) is 24.4. The molecule has 0 bridgehead atoms. The van der Waals surface area contributed by atoms with Crippen LogP contribution in [0.2, 0.25) is 0 Å². The Morgan fingerprint density at radius 1 is 1.31 bits per heavy atom. The molecule has 2 rings (SSSR count). The Hall–Kier alpha value is -1.89. The van der Waals surface area contributed by atoms with Crippen LogP contribution in [0, 0.1) is 0 Å². The Bertz CT molecular complexity index is 516. The molecule has 0 fully saturated rings. The fraction of sp³-hybridized carbons (Fsp3) is 0.444. The van der Waals surface area contributed by atoms with E-state index in [0.29, 0.717) is 17.0 Å². The van der Waals surface area contributed by atoms with Gasteiger partial charge >= 0.3 is 5.69 Å². The third-order valence-corrected chi connectivity index (χ3v) is 2.21. The molecule has 7 heteroatoms. The van der Waals surface area contributed by atoms with Crippen molar-refractivity contribution in [3.8, 4) is 0 Å². The molecule has 0 radical (unpaired) electrons. The molecule has 0 aliphatic heterocycles. The summed E-state index contributed by atoms with van der Waals surface area (Å²) in [6, 6.07) is 0.